The lowest BCUT2D eigenvalue weighted by molar-refractivity contribution is 0.0692. The zero-order chi connectivity index (χ0) is 22.4. The maximum absolute atomic E-state index is 12.8. The van der Waals surface area contributed by atoms with Gasteiger partial charge in [-0.3, -0.25) is 0 Å². The van der Waals surface area contributed by atoms with Crippen LogP contribution in [0.1, 0.15) is 15.9 Å². The van der Waals surface area contributed by atoms with Crippen molar-refractivity contribution in [1.29, 1.82) is 0 Å². The van der Waals surface area contributed by atoms with Crippen molar-refractivity contribution < 1.29 is 33.2 Å². The lowest BCUT2D eigenvalue weighted by atomic mass is 10.1. The second kappa shape index (κ2) is 10.3. The van der Waals surface area contributed by atoms with E-state index in [1.54, 1.807) is 30.3 Å². The van der Waals surface area contributed by atoms with Gasteiger partial charge in [-0.2, -0.15) is 0 Å². The summed E-state index contributed by atoms with van der Waals surface area (Å²) in [5, 5.41) is 0. The zero-order valence-electron chi connectivity index (χ0n) is 17.9. The van der Waals surface area contributed by atoms with Crippen molar-refractivity contribution in [3.8, 4) is 28.7 Å². The van der Waals surface area contributed by atoms with Crippen LogP contribution in [-0.2, 0) is 4.74 Å². The third kappa shape index (κ3) is 5.00. The van der Waals surface area contributed by atoms with Gasteiger partial charge in [-0.05, 0) is 30.3 Å². The van der Waals surface area contributed by atoms with Crippen molar-refractivity contribution in [2.75, 3.05) is 54.7 Å². The fourth-order valence-electron chi connectivity index (χ4n) is 3.17. The molecule has 0 atom stereocenters. The molecule has 2 aromatic rings. The van der Waals surface area contributed by atoms with E-state index in [2.05, 4.69) is 4.90 Å². The fraction of sp³-hybridized carbons (Fsp3) is 0.364. The van der Waals surface area contributed by atoms with E-state index in [4.69, 9.17) is 40.6 Å². The molecule has 0 aromatic heterocycles. The summed E-state index contributed by atoms with van der Waals surface area (Å²) < 4.78 is 32.4. The Hall–Kier alpha value is -3.04. The molecule has 0 bridgehead atoms. The van der Waals surface area contributed by atoms with Crippen LogP contribution in [0.3, 0.4) is 0 Å². The molecule has 1 aliphatic rings. The number of hydrogen-bond donors (Lipinski definition) is 0. The average molecular weight is 448 g/mol. The Kier molecular flexibility index (Phi) is 7.54. The number of rotatable bonds is 7. The number of carbonyl (C=O) groups is 1. The number of esters is 1. The maximum atomic E-state index is 12.8. The molecule has 1 heterocycles. The van der Waals surface area contributed by atoms with Gasteiger partial charge < -0.3 is 33.3 Å². The fourth-order valence-corrected chi connectivity index (χ4v) is 3.47. The molecule has 9 heteroatoms. The van der Waals surface area contributed by atoms with E-state index in [1.807, 2.05) is 0 Å². The molecule has 1 fully saturated rings. The number of methoxy groups -OCH3 is 4. The number of carbonyl (C=O) groups excluding carboxylic acids is 1. The molecule has 166 valence electrons. The van der Waals surface area contributed by atoms with Gasteiger partial charge in [0, 0.05) is 18.7 Å². The Labute approximate surface area is 186 Å². The molecule has 0 unspecified atom stereocenters. The minimum absolute atomic E-state index is 0.165. The van der Waals surface area contributed by atoms with E-state index in [0.29, 0.717) is 54.3 Å². The van der Waals surface area contributed by atoms with Crippen LogP contribution in [0.4, 0.5) is 0 Å². The van der Waals surface area contributed by atoms with E-state index in [-0.39, 0.29) is 11.3 Å². The molecule has 0 N–H and O–H groups in total. The van der Waals surface area contributed by atoms with E-state index < -0.39 is 5.97 Å². The smallest absolute Gasteiger partial charge is 0.343 e. The van der Waals surface area contributed by atoms with E-state index >= 15 is 0 Å². The van der Waals surface area contributed by atoms with Crippen molar-refractivity contribution >= 4 is 23.2 Å². The number of morpholine rings is 1. The maximum Gasteiger partial charge on any atom is 0.343 e. The van der Waals surface area contributed by atoms with Crippen LogP contribution in [0.2, 0.25) is 0 Å². The Morgan fingerprint density at radius 2 is 1.39 bits per heavy atom. The summed E-state index contributed by atoms with van der Waals surface area (Å²) in [6, 6.07) is 8.23. The van der Waals surface area contributed by atoms with Crippen molar-refractivity contribution in [1.82, 2.24) is 4.90 Å². The predicted molar refractivity (Wildman–Crippen MR) is 118 cm³/mol. The number of thiocarbonyl (C=S) groups is 1. The first-order valence-electron chi connectivity index (χ1n) is 9.59. The normalized spacial score (nSPS) is 13.4. The topological polar surface area (TPSA) is 75.7 Å². The van der Waals surface area contributed by atoms with Crippen LogP contribution in [-0.4, -0.2) is 70.6 Å². The van der Waals surface area contributed by atoms with Gasteiger partial charge in [-0.15, -0.1) is 0 Å². The van der Waals surface area contributed by atoms with Crippen molar-refractivity contribution in [2.24, 2.45) is 0 Å². The van der Waals surface area contributed by atoms with Gasteiger partial charge in [0.1, 0.15) is 4.99 Å². The van der Waals surface area contributed by atoms with E-state index in [0.717, 1.165) is 5.56 Å². The molecule has 8 nitrogen and oxygen atoms in total. The van der Waals surface area contributed by atoms with Crippen molar-refractivity contribution in [3.05, 3.63) is 41.5 Å². The monoisotopic (exact) mass is 447 g/mol. The average Bonchev–Trinajstić information content (AvgIpc) is 2.83. The zero-order valence-corrected chi connectivity index (χ0v) is 18.7. The Morgan fingerprint density at radius 1 is 0.839 bits per heavy atom. The molecule has 1 aliphatic heterocycles. The molecule has 0 saturated carbocycles. The van der Waals surface area contributed by atoms with Crippen LogP contribution >= 0.6 is 12.2 Å². The Balaban J connectivity index is 1.90. The first kappa shape index (κ1) is 22.6. The Bertz CT molecular complexity index is 932. The number of nitrogens with zero attached hydrogens (tertiary/aromatic N) is 1. The van der Waals surface area contributed by atoms with Gasteiger partial charge >= 0.3 is 5.97 Å². The van der Waals surface area contributed by atoms with Crippen LogP contribution in [0.25, 0.3) is 0 Å². The molecular formula is C22H25NO7S. The highest BCUT2D eigenvalue weighted by Gasteiger charge is 2.23. The predicted octanol–water partition coefficient (Wildman–Crippen LogP) is 2.95. The van der Waals surface area contributed by atoms with E-state index in [1.165, 1.54) is 28.4 Å². The highest BCUT2D eigenvalue weighted by atomic mass is 32.1. The lowest BCUT2D eigenvalue weighted by Crippen LogP contribution is -2.40. The van der Waals surface area contributed by atoms with Gasteiger partial charge in [-0.25, -0.2) is 4.79 Å². The molecule has 31 heavy (non-hydrogen) atoms. The minimum atomic E-state index is -0.596. The highest BCUT2D eigenvalue weighted by molar-refractivity contribution is 7.80. The van der Waals surface area contributed by atoms with Gasteiger partial charge in [0.15, 0.2) is 23.0 Å². The summed E-state index contributed by atoms with van der Waals surface area (Å²) in [6.07, 6.45) is 0. The minimum Gasteiger partial charge on any atom is -0.493 e. The third-order valence-electron chi connectivity index (χ3n) is 4.82. The molecule has 0 radical (unpaired) electrons. The highest BCUT2D eigenvalue weighted by Crippen LogP contribution is 2.40. The summed E-state index contributed by atoms with van der Waals surface area (Å²) >= 11 is 5.64. The number of ether oxygens (including phenoxy) is 6. The van der Waals surface area contributed by atoms with Crippen molar-refractivity contribution in [3.63, 3.8) is 0 Å². The number of benzene rings is 2. The van der Waals surface area contributed by atoms with Gasteiger partial charge in [0.05, 0.1) is 47.2 Å². The van der Waals surface area contributed by atoms with E-state index in [9.17, 15) is 4.79 Å². The summed E-state index contributed by atoms with van der Waals surface area (Å²) in [4.78, 5) is 15.5. The number of hydrogen-bond acceptors (Lipinski definition) is 8. The third-order valence-corrected chi connectivity index (χ3v) is 5.31. The van der Waals surface area contributed by atoms with Crippen LogP contribution in [0, 0.1) is 0 Å². The molecular weight excluding hydrogens is 422 g/mol. The first-order valence-corrected chi connectivity index (χ1v) is 10.0. The lowest BCUT2D eigenvalue weighted by Gasteiger charge is -2.29. The van der Waals surface area contributed by atoms with Gasteiger partial charge in [0.2, 0.25) is 5.75 Å². The summed E-state index contributed by atoms with van der Waals surface area (Å²) in [7, 11) is 6.00. The second-order valence-corrected chi connectivity index (χ2v) is 6.96. The van der Waals surface area contributed by atoms with Crippen LogP contribution < -0.4 is 23.7 Å². The molecule has 0 amide bonds. The molecule has 0 aliphatic carbocycles. The van der Waals surface area contributed by atoms with Gasteiger partial charge in [-0.1, -0.05) is 12.2 Å². The Morgan fingerprint density at radius 3 is 1.94 bits per heavy atom. The van der Waals surface area contributed by atoms with Gasteiger partial charge in [0.25, 0.3) is 0 Å². The largest absolute Gasteiger partial charge is 0.493 e. The quantitative estimate of drug-likeness (QED) is 0.362. The molecule has 2 aromatic carbocycles. The second-order valence-electron chi connectivity index (χ2n) is 6.57. The SMILES string of the molecule is COc1ccc(C(=O)Oc2c(OC)cc(C(=S)N3CCOCC3)cc2OC)cc1OC. The van der Waals surface area contributed by atoms with Crippen LogP contribution in [0.5, 0.6) is 28.7 Å². The summed E-state index contributed by atoms with van der Waals surface area (Å²) in [6.45, 7) is 2.66. The molecule has 0 spiro atoms. The van der Waals surface area contributed by atoms with Crippen molar-refractivity contribution in [2.45, 2.75) is 0 Å². The standard InChI is InChI=1S/C22H25NO7S/c1-25-16-6-5-14(11-17(16)26-2)22(24)30-20-18(27-3)12-15(13-19(20)28-4)21(31)23-7-9-29-10-8-23/h5-6,11-13H,7-10H2,1-4H3. The summed E-state index contributed by atoms with van der Waals surface area (Å²) in [5.41, 5.74) is 1.02. The first-order chi connectivity index (χ1) is 15.0. The summed E-state index contributed by atoms with van der Waals surface area (Å²) in [5.74, 6) is 1.16. The molecule has 3 rings (SSSR count). The molecule has 1 saturated heterocycles. The van der Waals surface area contributed by atoms with Crippen LogP contribution in [0.15, 0.2) is 30.3 Å².